The van der Waals surface area contributed by atoms with Gasteiger partial charge in [-0.1, -0.05) is 13.8 Å². The lowest BCUT2D eigenvalue weighted by Gasteiger charge is -2.29. The first-order chi connectivity index (χ1) is 7.01. The van der Waals surface area contributed by atoms with Gasteiger partial charge in [0, 0.05) is 26.3 Å². The number of carboxylic acids is 1. The monoisotopic (exact) mass is 217 g/mol. The Bertz CT molecular complexity index is 185. The fraction of sp³-hybridized carbons (Fsp3) is 0.909. The van der Waals surface area contributed by atoms with E-state index >= 15 is 0 Å². The molecule has 0 heterocycles. The van der Waals surface area contributed by atoms with Crippen molar-refractivity contribution in [3.05, 3.63) is 0 Å². The molecule has 0 rings (SSSR count). The fourth-order valence-electron chi connectivity index (χ4n) is 1.74. The molecule has 0 aliphatic carbocycles. The number of nitrogens with zero attached hydrogens (tertiary/aromatic N) is 1. The zero-order valence-corrected chi connectivity index (χ0v) is 10.2. The molecule has 0 fully saturated rings. The van der Waals surface area contributed by atoms with E-state index in [1.165, 1.54) is 0 Å². The molecule has 2 unspecified atom stereocenters. The van der Waals surface area contributed by atoms with Crippen molar-refractivity contribution in [1.82, 2.24) is 4.90 Å². The summed E-state index contributed by atoms with van der Waals surface area (Å²) in [5.74, 6) is -0.300. The van der Waals surface area contributed by atoms with Gasteiger partial charge in [0.1, 0.15) is 0 Å². The average molecular weight is 217 g/mol. The molecule has 0 bridgehead atoms. The Hall–Kier alpha value is -0.610. The summed E-state index contributed by atoms with van der Waals surface area (Å²) in [4.78, 5) is 12.8. The van der Waals surface area contributed by atoms with Gasteiger partial charge in [-0.15, -0.1) is 0 Å². The summed E-state index contributed by atoms with van der Waals surface area (Å²) in [7, 11) is 1.69. The maximum absolute atomic E-state index is 10.6. The van der Waals surface area contributed by atoms with E-state index in [4.69, 9.17) is 9.84 Å². The molecular formula is C11H23NO3. The van der Waals surface area contributed by atoms with Crippen molar-refractivity contribution in [1.29, 1.82) is 0 Å². The summed E-state index contributed by atoms with van der Waals surface area (Å²) in [6, 6.07) is 0.0896. The highest BCUT2D eigenvalue weighted by molar-refractivity contribution is 5.67. The fourth-order valence-corrected chi connectivity index (χ4v) is 1.74. The van der Waals surface area contributed by atoms with Crippen LogP contribution in [0.15, 0.2) is 0 Å². The lowest BCUT2D eigenvalue weighted by molar-refractivity contribution is -0.138. The number of aliphatic carboxylic acids is 1. The van der Waals surface area contributed by atoms with E-state index in [9.17, 15) is 4.79 Å². The van der Waals surface area contributed by atoms with E-state index in [2.05, 4.69) is 18.7 Å². The summed E-state index contributed by atoms with van der Waals surface area (Å²) in [5.41, 5.74) is 0. The molecule has 0 aromatic heterocycles. The Balaban J connectivity index is 4.04. The van der Waals surface area contributed by atoms with Gasteiger partial charge in [-0.05, 0) is 19.4 Å². The Morgan fingerprint density at radius 1 is 1.47 bits per heavy atom. The molecule has 2 atom stereocenters. The molecule has 0 radical (unpaired) electrons. The van der Waals surface area contributed by atoms with Gasteiger partial charge < -0.3 is 14.7 Å². The number of hydrogen-bond donors (Lipinski definition) is 1. The van der Waals surface area contributed by atoms with Crippen molar-refractivity contribution in [2.24, 2.45) is 5.92 Å². The first-order valence-corrected chi connectivity index (χ1v) is 5.46. The maximum atomic E-state index is 10.6. The Morgan fingerprint density at radius 2 is 2.07 bits per heavy atom. The Kier molecular flexibility index (Phi) is 7.34. The number of rotatable bonds is 8. The van der Waals surface area contributed by atoms with E-state index in [1.807, 2.05) is 6.92 Å². The summed E-state index contributed by atoms with van der Waals surface area (Å²) in [6.07, 6.45) is 0.202. The van der Waals surface area contributed by atoms with Crippen molar-refractivity contribution in [3.8, 4) is 0 Å². The van der Waals surface area contributed by atoms with Crippen molar-refractivity contribution in [2.75, 3.05) is 26.8 Å². The predicted molar refractivity (Wildman–Crippen MR) is 60.0 cm³/mol. The molecule has 0 spiro atoms. The van der Waals surface area contributed by atoms with Crippen LogP contribution in [-0.4, -0.2) is 48.8 Å². The number of ether oxygens (including phenoxy) is 1. The van der Waals surface area contributed by atoms with Crippen LogP contribution in [0, 0.1) is 5.92 Å². The van der Waals surface area contributed by atoms with E-state index in [-0.39, 0.29) is 12.5 Å². The molecule has 90 valence electrons. The molecule has 0 saturated heterocycles. The molecule has 0 aliphatic rings. The van der Waals surface area contributed by atoms with Crippen LogP contribution in [0.4, 0.5) is 0 Å². The van der Waals surface area contributed by atoms with Crippen LogP contribution in [0.5, 0.6) is 0 Å². The third-order valence-corrected chi connectivity index (χ3v) is 2.50. The molecule has 1 N–H and O–H groups in total. The lowest BCUT2D eigenvalue weighted by atomic mass is 10.1. The number of hydrogen-bond acceptors (Lipinski definition) is 3. The van der Waals surface area contributed by atoms with Gasteiger partial charge in [-0.3, -0.25) is 4.79 Å². The lowest BCUT2D eigenvalue weighted by Crippen LogP contribution is -2.38. The van der Waals surface area contributed by atoms with Gasteiger partial charge in [-0.2, -0.15) is 0 Å². The third-order valence-electron chi connectivity index (χ3n) is 2.50. The zero-order chi connectivity index (χ0) is 11.8. The van der Waals surface area contributed by atoms with Crippen LogP contribution in [0.25, 0.3) is 0 Å². The van der Waals surface area contributed by atoms with Crippen LogP contribution in [0.3, 0.4) is 0 Å². The second-order valence-electron chi connectivity index (χ2n) is 4.09. The van der Waals surface area contributed by atoms with Crippen LogP contribution in [0.1, 0.15) is 27.2 Å². The highest BCUT2D eigenvalue weighted by Gasteiger charge is 2.17. The van der Waals surface area contributed by atoms with Crippen LogP contribution in [-0.2, 0) is 9.53 Å². The van der Waals surface area contributed by atoms with Gasteiger partial charge in [0.2, 0.25) is 0 Å². The Morgan fingerprint density at radius 3 is 2.47 bits per heavy atom. The van der Waals surface area contributed by atoms with Crippen LogP contribution >= 0.6 is 0 Å². The van der Waals surface area contributed by atoms with Crippen LogP contribution < -0.4 is 0 Å². The zero-order valence-electron chi connectivity index (χ0n) is 10.2. The average Bonchev–Trinajstić information content (AvgIpc) is 2.13. The van der Waals surface area contributed by atoms with E-state index < -0.39 is 5.97 Å². The van der Waals surface area contributed by atoms with Crippen molar-refractivity contribution < 1.29 is 14.6 Å². The van der Waals surface area contributed by atoms with Gasteiger partial charge in [0.15, 0.2) is 0 Å². The summed E-state index contributed by atoms with van der Waals surface area (Å²) in [5, 5.41) is 8.71. The van der Waals surface area contributed by atoms with E-state index in [0.29, 0.717) is 5.92 Å². The third kappa shape index (κ3) is 6.47. The SMILES string of the molecule is CCN(CC(C)COC)C(C)CC(=O)O. The van der Waals surface area contributed by atoms with Crippen molar-refractivity contribution >= 4 is 5.97 Å². The standard InChI is InChI=1S/C11H23NO3/c1-5-12(7-9(2)8-15-4)10(3)6-11(13)14/h9-10H,5-8H2,1-4H3,(H,13,14). The summed E-state index contributed by atoms with van der Waals surface area (Å²) >= 11 is 0. The minimum Gasteiger partial charge on any atom is -0.481 e. The highest BCUT2D eigenvalue weighted by atomic mass is 16.5. The largest absolute Gasteiger partial charge is 0.481 e. The number of methoxy groups -OCH3 is 1. The maximum Gasteiger partial charge on any atom is 0.304 e. The quantitative estimate of drug-likeness (QED) is 0.668. The first-order valence-electron chi connectivity index (χ1n) is 5.46. The minimum absolute atomic E-state index is 0.0896. The number of carbonyl (C=O) groups is 1. The van der Waals surface area contributed by atoms with Gasteiger partial charge >= 0.3 is 5.97 Å². The minimum atomic E-state index is -0.736. The normalized spacial score (nSPS) is 15.3. The molecule has 4 nitrogen and oxygen atoms in total. The Labute approximate surface area is 92.2 Å². The smallest absolute Gasteiger partial charge is 0.304 e. The van der Waals surface area contributed by atoms with E-state index in [1.54, 1.807) is 7.11 Å². The second-order valence-corrected chi connectivity index (χ2v) is 4.09. The summed E-state index contributed by atoms with van der Waals surface area (Å²) in [6.45, 7) is 8.60. The molecule has 4 heteroatoms. The number of carboxylic acid groups (broad SMARTS) is 1. The second kappa shape index (κ2) is 7.65. The van der Waals surface area contributed by atoms with Crippen molar-refractivity contribution in [2.45, 2.75) is 33.2 Å². The molecule has 0 aliphatic heterocycles. The molecule has 0 amide bonds. The van der Waals surface area contributed by atoms with Gasteiger partial charge in [0.05, 0.1) is 6.42 Å². The predicted octanol–water partition coefficient (Wildman–Crippen LogP) is 1.45. The first kappa shape index (κ1) is 14.4. The van der Waals surface area contributed by atoms with Crippen molar-refractivity contribution in [3.63, 3.8) is 0 Å². The summed E-state index contributed by atoms with van der Waals surface area (Å²) < 4.78 is 5.07. The molecule has 0 saturated carbocycles. The highest BCUT2D eigenvalue weighted by Crippen LogP contribution is 2.08. The van der Waals surface area contributed by atoms with Crippen LogP contribution in [0.2, 0.25) is 0 Å². The molecule has 0 aromatic rings. The van der Waals surface area contributed by atoms with Gasteiger partial charge in [-0.25, -0.2) is 0 Å². The molecular weight excluding hydrogens is 194 g/mol. The molecule has 0 aromatic carbocycles. The van der Waals surface area contributed by atoms with Gasteiger partial charge in [0.25, 0.3) is 0 Å². The van der Waals surface area contributed by atoms with E-state index in [0.717, 1.165) is 19.7 Å². The molecule has 15 heavy (non-hydrogen) atoms. The topological polar surface area (TPSA) is 49.8 Å².